The number of hydrogen-bond donors (Lipinski definition) is 2. The molecule has 0 radical (unpaired) electrons. The summed E-state index contributed by atoms with van der Waals surface area (Å²) < 4.78 is 50.9. The number of sulfonamides is 2. The molecule has 0 bridgehead atoms. The monoisotopic (exact) mass is 337 g/mol. The van der Waals surface area contributed by atoms with Gasteiger partial charge in [-0.25, -0.2) is 13.6 Å². The Morgan fingerprint density at radius 2 is 1.73 bits per heavy atom. The highest BCUT2D eigenvalue weighted by Gasteiger charge is 2.27. The number of nitrogens with one attached hydrogen (secondary N) is 1. The van der Waals surface area contributed by atoms with Gasteiger partial charge in [-0.15, -0.1) is 4.40 Å². The Hall–Kier alpha value is -2.23. The third-order valence-corrected chi connectivity index (χ3v) is 5.30. The molecular weight excluding hydrogens is 326 g/mol. The summed E-state index contributed by atoms with van der Waals surface area (Å²) in [6.07, 6.45) is 0. The lowest BCUT2D eigenvalue weighted by Crippen LogP contribution is -2.23. The maximum atomic E-state index is 12.3. The van der Waals surface area contributed by atoms with Crippen LogP contribution in [0.2, 0.25) is 0 Å². The molecule has 3 rings (SSSR count). The number of hydrogen-bond acceptors (Lipinski definition) is 5. The molecular formula is C13H11N3O4S2. The summed E-state index contributed by atoms with van der Waals surface area (Å²) in [5.41, 5.74) is 0.855. The SMILES string of the molecule is NS(=O)(=O)c1ccc2c(c1)S(=O)(=O)N=C(c1ccccc1)N2. The summed E-state index contributed by atoms with van der Waals surface area (Å²) in [6, 6.07) is 12.3. The minimum atomic E-state index is -4.02. The number of rotatable bonds is 2. The maximum absolute atomic E-state index is 12.3. The Labute approximate surface area is 127 Å². The van der Waals surface area contributed by atoms with E-state index in [0.717, 1.165) is 6.07 Å². The molecule has 1 aliphatic rings. The Bertz CT molecular complexity index is 981. The Morgan fingerprint density at radius 3 is 2.36 bits per heavy atom. The molecule has 0 spiro atoms. The molecule has 114 valence electrons. The first kappa shape index (κ1) is 14.7. The highest BCUT2D eigenvalue weighted by molar-refractivity contribution is 7.91. The predicted molar refractivity (Wildman–Crippen MR) is 81.6 cm³/mol. The van der Waals surface area contributed by atoms with E-state index in [1.807, 2.05) is 0 Å². The predicted octanol–water partition coefficient (Wildman–Crippen LogP) is 0.895. The van der Waals surface area contributed by atoms with Crippen molar-refractivity contribution < 1.29 is 16.8 Å². The van der Waals surface area contributed by atoms with Gasteiger partial charge in [0.2, 0.25) is 10.0 Å². The maximum Gasteiger partial charge on any atom is 0.286 e. The van der Waals surface area contributed by atoms with Crippen molar-refractivity contribution in [1.82, 2.24) is 0 Å². The van der Waals surface area contributed by atoms with E-state index in [0.29, 0.717) is 5.56 Å². The van der Waals surface area contributed by atoms with Gasteiger partial charge in [0, 0.05) is 5.56 Å². The summed E-state index contributed by atoms with van der Waals surface area (Å²) in [7, 11) is -8.01. The van der Waals surface area contributed by atoms with Gasteiger partial charge in [-0.3, -0.25) is 0 Å². The Kier molecular flexibility index (Phi) is 3.28. The van der Waals surface area contributed by atoms with Crippen LogP contribution in [0.4, 0.5) is 5.69 Å². The quantitative estimate of drug-likeness (QED) is 0.844. The lowest BCUT2D eigenvalue weighted by molar-refractivity contribution is 0.596. The average Bonchev–Trinajstić information content (AvgIpc) is 2.46. The highest BCUT2D eigenvalue weighted by Crippen LogP contribution is 2.30. The second kappa shape index (κ2) is 4.90. The molecule has 0 atom stereocenters. The molecule has 1 heterocycles. The Balaban J connectivity index is 2.16. The van der Waals surface area contributed by atoms with Crippen molar-refractivity contribution in [1.29, 1.82) is 0 Å². The second-order valence-electron chi connectivity index (χ2n) is 4.61. The molecule has 2 aromatic carbocycles. The summed E-state index contributed by atoms with van der Waals surface area (Å²) in [4.78, 5) is -0.506. The number of nitrogens with zero attached hydrogens (tertiary/aromatic N) is 1. The molecule has 2 aromatic rings. The van der Waals surface area contributed by atoms with Gasteiger partial charge in [0.05, 0.1) is 10.6 Å². The van der Waals surface area contributed by atoms with E-state index in [2.05, 4.69) is 9.71 Å². The average molecular weight is 337 g/mol. The minimum absolute atomic E-state index is 0.177. The van der Waals surface area contributed by atoms with Crippen molar-refractivity contribution in [3.63, 3.8) is 0 Å². The van der Waals surface area contributed by atoms with Crippen molar-refractivity contribution in [2.45, 2.75) is 9.79 Å². The van der Waals surface area contributed by atoms with Crippen molar-refractivity contribution in [2.24, 2.45) is 9.54 Å². The normalized spacial score (nSPS) is 16.3. The molecule has 1 aliphatic heterocycles. The van der Waals surface area contributed by atoms with E-state index in [1.165, 1.54) is 12.1 Å². The van der Waals surface area contributed by atoms with Crippen LogP contribution in [0.15, 0.2) is 62.7 Å². The lowest BCUT2D eigenvalue weighted by atomic mass is 10.2. The molecule has 0 aliphatic carbocycles. The van der Waals surface area contributed by atoms with Crippen LogP contribution < -0.4 is 10.5 Å². The van der Waals surface area contributed by atoms with E-state index in [1.54, 1.807) is 30.3 Å². The van der Waals surface area contributed by atoms with Gasteiger partial charge in [-0.2, -0.15) is 8.42 Å². The molecule has 0 saturated carbocycles. The number of fused-ring (bicyclic) bond motifs is 1. The first-order valence-corrected chi connectivity index (χ1v) is 9.10. The Morgan fingerprint density at radius 1 is 1.05 bits per heavy atom. The van der Waals surface area contributed by atoms with Gasteiger partial charge >= 0.3 is 0 Å². The summed E-state index contributed by atoms with van der Waals surface area (Å²) in [6.45, 7) is 0. The standard InChI is InChI=1S/C13H11N3O4S2/c14-21(17,18)10-6-7-11-12(8-10)22(19,20)16-13(15-11)9-4-2-1-3-5-9/h1-8H,(H,15,16)(H2,14,17,18). The third kappa shape index (κ3) is 2.61. The zero-order valence-corrected chi connectivity index (χ0v) is 12.7. The fourth-order valence-electron chi connectivity index (χ4n) is 2.04. The fourth-order valence-corrected chi connectivity index (χ4v) is 3.81. The van der Waals surface area contributed by atoms with E-state index in [4.69, 9.17) is 5.14 Å². The van der Waals surface area contributed by atoms with Crippen molar-refractivity contribution in [3.8, 4) is 0 Å². The summed E-state index contributed by atoms with van der Waals surface area (Å²) in [5.74, 6) is 0.177. The fraction of sp³-hybridized carbons (Fsp3) is 0. The van der Waals surface area contributed by atoms with Gasteiger partial charge in [0.15, 0.2) is 5.84 Å². The molecule has 0 aromatic heterocycles. The van der Waals surface area contributed by atoms with Gasteiger partial charge in [0.25, 0.3) is 10.0 Å². The van der Waals surface area contributed by atoms with Crippen LogP contribution in [0, 0.1) is 0 Å². The molecule has 3 N–H and O–H groups in total. The van der Waals surface area contributed by atoms with Crippen LogP contribution in [0.25, 0.3) is 0 Å². The number of benzene rings is 2. The summed E-state index contributed by atoms with van der Waals surface area (Å²) >= 11 is 0. The van der Waals surface area contributed by atoms with Gasteiger partial charge in [-0.1, -0.05) is 30.3 Å². The second-order valence-corrected chi connectivity index (χ2v) is 7.74. The molecule has 0 fully saturated rings. The first-order chi connectivity index (χ1) is 10.3. The van der Waals surface area contributed by atoms with Crippen molar-refractivity contribution in [3.05, 3.63) is 54.1 Å². The smallest absolute Gasteiger partial charge is 0.286 e. The van der Waals surface area contributed by atoms with E-state index >= 15 is 0 Å². The topological polar surface area (TPSA) is 119 Å². The van der Waals surface area contributed by atoms with E-state index in [-0.39, 0.29) is 21.3 Å². The van der Waals surface area contributed by atoms with E-state index in [9.17, 15) is 16.8 Å². The summed E-state index contributed by atoms with van der Waals surface area (Å²) in [5, 5.41) is 7.90. The van der Waals surface area contributed by atoms with Gasteiger partial charge in [-0.05, 0) is 18.2 Å². The zero-order chi connectivity index (χ0) is 16.0. The first-order valence-electron chi connectivity index (χ1n) is 6.12. The minimum Gasteiger partial charge on any atom is -0.338 e. The van der Waals surface area contributed by atoms with Gasteiger partial charge in [0.1, 0.15) is 4.90 Å². The zero-order valence-electron chi connectivity index (χ0n) is 11.1. The van der Waals surface area contributed by atoms with Crippen LogP contribution >= 0.6 is 0 Å². The van der Waals surface area contributed by atoms with Crippen LogP contribution in [0.3, 0.4) is 0 Å². The molecule has 7 nitrogen and oxygen atoms in total. The van der Waals surface area contributed by atoms with Crippen molar-refractivity contribution >= 4 is 31.6 Å². The number of anilines is 1. The highest BCUT2D eigenvalue weighted by atomic mass is 32.2. The van der Waals surface area contributed by atoms with E-state index < -0.39 is 20.0 Å². The molecule has 0 unspecified atom stereocenters. The molecule has 9 heteroatoms. The van der Waals surface area contributed by atoms with Crippen LogP contribution in [-0.4, -0.2) is 22.7 Å². The van der Waals surface area contributed by atoms with Crippen LogP contribution in [-0.2, 0) is 20.0 Å². The number of primary sulfonamides is 1. The van der Waals surface area contributed by atoms with Gasteiger partial charge < -0.3 is 5.32 Å². The van der Waals surface area contributed by atoms with Crippen LogP contribution in [0.5, 0.6) is 0 Å². The van der Waals surface area contributed by atoms with Crippen LogP contribution in [0.1, 0.15) is 5.56 Å². The number of amidine groups is 1. The molecule has 0 amide bonds. The van der Waals surface area contributed by atoms with Crippen molar-refractivity contribution in [2.75, 3.05) is 5.32 Å². The molecule has 22 heavy (non-hydrogen) atoms. The third-order valence-electron chi connectivity index (χ3n) is 3.07. The number of nitrogens with two attached hydrogens (primary N) is 1. The lowest BCUT2D eigenvalue weighted by Gasteiger charge is -2.18. The largest absolute Gasteiger partial charge is 0.338 e. The molecule has 0 saturated heterocycles.